The summed E-state index contributed by atoms with van der Waals surface area (Å²) < 4.78 is 10.4. The van der Waals surface area contributed by atoms with Crippen molar-refractivity contribution in [2.45, 2.75) is 33.2 Å². The van der Waals surface area contributed by atoms with Crippen molar-refractivity contribution in [2.24, 2.45) is 5.92 Å². The fourth-order valence-electron chi connectivity index (χ4n) is 4.00. The Labute approximate surface area is 203 Å². The molecular formula is C25H27ClN4O4. The first kappa shape index (κ1) is 23.9. The summed E-state index contributed by atoms with van der Waals surface area (Å²) in [4.78, 5) is 31.4. The van der Waals surface area contributed by atoms with Crippen molar-refractivity contribution in [3.63, 3.8) is 0 Å². The van der Waals surface area contributed by atoms with Crippen molar-refractivity contribution >= 4 is 29.2 Å². The molecule has 1 aliphatic heterocycles. The van der Waals surface area contributed by atoms with Gasteiger partial charge in [0.05, 0.1) is 23.7 Å². The third kappa shape index (κ3) is 5.63. The predicted octanol–water partition coefficient (Wildman–Crippen LogP) is 4.73. The fourth-order valence-corrected chi connectivity index (χ4v) is 4.22. The normalized spacial score (nSPS) is 14.7. The second kappa shape index (κ2) is 10.8. The molecule has 8 nitrogen and oxygen atoms in total. The van der Waals surface area contributed by atoms with Gasteiger partial charge in [0.2, 0.25) is 17.6 Å². The van der Waals surface area contributed by atoms with E-state index in [1.807, 2.05) is 25.1 Å². The van der Waals surface area contributed by atoms with Crippen molar-refractivity contribution < 1.29 is 18.8 Å². The Morgan fingerprint density at radius 3 is 2.68 bits per heavy atom. The lowest BCUT2D eigenvalue weighted by Crippen LogP contribution is -2.37. The first-order valence-corrected chi connectivity index (χ1v) is 11.7. The van der Waals surface area contributed by atoms with Gasteiger partial charge in [0.15, 0.2) is 0 Å². The monoisotopic (exact) mass is 482 g/mol. The number of ether oxygens (including phenoxy) is 1. The number of benzene rings is 2. The first-order chi connectivity index (χ1) is 16.4. The number of rotatable bonds is 7. The van der Waals surface area contributed by atoms with Gasteiger partial charge in [0, 0.05) is 17.2 Å². The zero-order valence-electron chi connectivity index (χ0n) is 19.2. The highest BCUT2D eigenvalue weighted by Gasteiger charge is 2.26. The highest BCUT2D eigenvalue weighted by atomic mass is 35.5. The summed E-state index contributed by atoms with van der Waals surface area (Å²) in [5, 5.41) is 7.63. The van der Waals surface area contributed by atoms with E-state index >= 15 is 0 Å². The van der Waals surface area contributed by atoms with Crippen molar-refractivity contribution in [1.82, 2.24) is 15.0 Å². The van der Waals surface area contributed by atoms with E-state index in [9.17, 15) is 9.59 Å². The van der Waals surface area contributed by atoms with Gasteiger partial charge in [0.25, 0.3) is 0 Å². The summed E-state index contributed by atoms with van der Waals surface area (Å²) in [5.41, 5.74) is 2.74. The number of aryl methyl sites for hydroxylation is 1. The minimum Gasteiger partial charge on any atom is -0.462 e. The van der Waals surface area contributed by atoms with Crippen LogP contribution in [0, 0.1) is 12.8 Å². The summed E-state index contributed by atoms with van der Waals surface area (Å²) in [5.74, 6) is 0.539. The van der Waals surface area contributed by atoms with Crippen LogP contribution in [0.1, 0.15) is 41.6 Å². The predicted molar refractivity (Wildman–Crippen MR) is 129 cm³/mol. The summed E-state index contributed by atoms with van der Waals surface area (Å²) >= 11 is 6.22. The van der Waals surface area contributed by atoms with Crippen molar-refractivity contribution in [3.05, 3.63) is 64.5 Å². The first-order valence-electron chi connectivity index (χ1n) is 11.3. The molecular weight excluding hydrogens is 456 g/mol. The van der Waals surface area contributed by atoms with Crippen LogP contribution in [0.3, 0.4) is 0 Å². The maximum atomic E-state index is 12.8. The molecule has 34 heavy (non-hydrogen) atoms. The van der Waals surface area contributed by atoms with Crippen LogP contribution < -0.4 is 5.32 Å². The molecule has 0 saturated carbocycles. The van der Waals surface area contributed by atoms with Crippen molar-refractivity contribution in [3.8, 4) is 11.4 Å². The number of halogens is 1. The molecule has 9 heteroatoms. The third-order valence-electron chi connectivity index (χ3n) is 5.90. The highest BCUT2D eigenvalue weighted by Crippen LogP contribution is 2.26. The second-order valence-corrected chi connectivity index (χ2v) is 8.69. The number of aromatic nitrogens is 2. The Kier molecular flexibility index (Phi) is 7.59. The standard InChI is InChI=1S/C25H27ClN4O4/c1-3-33-25(32)18-8-9-21(16(2)14-18)27-24(31)17-10-12-30(13-11-17)15-22-28-23(29-34-22)19-6-4-5-7-20(19)26/h4-9,14,17H,3,10-13,15H2,1-2H3,(H,27,31). The third-order valence-corrected chi connectivity index (χ3v) is 6.23. The molecule has 0 radical (unpaired) electrons. The van der Waals surface area contributed by atoms with Gasteiger partial charge in [-0.25, -0.2) is 4.79 Å². The quantitative estimate of drug-likeness (QED) is 0.486. The van der Waals surface area contributed by atoms with Crippen molar-refractivity contribution in [2.75, 3.05) is 25.0 Å². The molecule has 0 aliphatic carbocycles. The van der Waals surface area contributed by atoms with Crippen LogP contribution in [0.25, 0.3) is 11.4 Å². The molecule has 2 aromatic carbocycles. The average Bonchev–Trinajstić information content (AvgIpc) is 3.29. The second-order valence-electron chi connectivity index (χ2n) is 8.28. The van der Waals surface area contributed by atoms with E-state index in [1.54, 1.807) is 31.2 Å². The van der Waals surface area contributed by atoms with Gasteiger partial charge in [-0.15, -0.1) is 0 Å². The van der Waals surface area contributed by atoms with E-state index in [2.05, 4.69) is 20.4 Å². The van der Waals surface area contributed by atoms with E-state index in [0.717, 1.165) is 37.1 Å². The van der Waals surface area contributed by atoms with Gasteiger partial charge < -0.3 is 14.6 Å². The number of carbonyl (C=O) groups is 2. The number of likely N-dealkylation sites (tertiary alicyclic amines) is 1. The Morgan fingerprint density at radius 1 is 1.21 bits per heavy atom. The number of piperidine rings is 1. The van der Waals surface area contributed by atoms with Gasteiger partial charge in [-0.1, -0.05) is 28.9 Å². The molecule has 1 aliphatic rings. The van der Waals surface area contributed by atoms with Crippen LogP contribution in [-0.4, -0.2) is 46.6 Å². The summed E-state index contributed by atoms with van der Waals surface area (Å²) in [6, 6.07) is 12.5. The van der Waals surface area contributed by atoms with Crippen LogP contribution in [0.2, 0.25) is 5.02 Å². The summed E-state index contributed by atoms with van der Waals surface area (Å²) in [7, 11) is 0. The van der Waals surface area contributed by atoms with Crippen LogP contribution in [0.5, 0.6) is 0 Å². The van der Waals surface area contributed by atoms with Gasteiger partial charge in [-0.05, 0) is 75.7 Å². The van der Waals surface area contributed by atoms with Gasteiger partial charge >= 0.3 is 5.97 Å². The lowest BCUT2D eigenvalue weighted by atomic mass is 9.95. The molecule has 1 amide bonds. The molecule has 0 bridgehead atoms. The van der Waals surface area contributed by atoms with Crippen LogP contribution in [-0.2, 0) is 16.1 Å². The Hall–Kier alpha value is -3.23. The molecule has 0 spiro atoms. The Morgan fingerprint density at radius 2 is 1.97 bits per heavy atom. The van der Waals surface area contributed by atoms with E-state index in [0.29, 0.717) is 41.1 Å². The van der Waals surface area contributed by atoms with Gasteiger partial charge in [-0.2, -0.15) is 4.98 Å². The average molecular weight is 483 g/mol. The highest BCUT2D eigenvalue weighted by molar-refractivity contribution is 6.33. The number of hydrogen-bond acceptors (Lipinski definition) is 7. The minimum atomic E-state index is -0.365. The number of anilines is 1. The van der Waals surface area contributed by atoms with Crippen molar-refractivity contribution in [1.29, 1.82) is 0 Å². The Bertz CT molecular complexity index is 1170. The molecule has 1 fully saturated rings. The van der Waals surface area contributed by atoms with Crippen LogP contribution >= 0.6 is 11.6 Å². The zero-order valence-corrected chi connectivity index (χ0v) is 20.0. The molecule has 4 rings (SSSR count). The van der Waals surface area contributed by atoms with Crippen LogP contribution in [0.4, 0.5) is 5.69 Å². The molecule has 3 aromatic rings. The summed E-state index contributed by atoms with van der Waals surface area (Å²) in [6.45, 7) is 5.99. The van der Waals surface area contributed by atoms with Gasteiger partial charge in [-0.3, -0.25) is 9.69 Å². The number of nitrogens with zero attached hydrogens (tertiary/aromatic N) is 3. The number of amides is 1. The lowest BCUT2D eigenvalue weighted by molar-refractivity contribution is -0.121. The smallest absolute Gasteiger partial charge is 0.338 e. The topological polar surface area (TPSA) is 97.6 Å². The molecule has 178 valence electrons. The van der Waals surface area contributed by atoms with Gasteiger partial charge in [0.1, 0.15) is 0 Å². The summed E-state index contributed by atoms with van der Waals surface area (Å²) in [6.07, 6.45) is 1.47. The van der Waals surface area contributed by atoms with E-state index < -0.39 is 0 Å². The Balaban J connectivity index is 1.29. The zero-order chi connectivity index (χ0) is 24.1. The number of esters is 1. The lowest BCUT2D eigenvalue weighted by Gasteiger charge is -2.30. The molecule has 0 atom stereocenters. The molecule has 1 N–H and O–H groups in total. The van der Waals surface area contributed by atoms with E-state index in [-0.39, 0.29) is 17.8 Å². The maximum absolute atomic E-state index is 12.8. The van der Waals surface area contributed by atoms with E-state index in [4.69, 9.17) is 20.9 Å². The number of carbonyl (C=O) groups excluding carboxylic acids is 2. The SMILES string of the molecule is CCOC(=O)c1ccc(NC(=O)C2CCN(Cc3nc(-c4ccccc4Cl)no3)CC2)c(C)c1. The molecule has 1 aromatic heterocycles. The number of hydrogen-bond donors (Lipinski definition) is 1. The van der Waals surface area contributed by atoms with E-state index in [1.165, 1.54) is 0 Å². The minimum absolute atomic E-state index is 0.00886. The fraction of sp³-hybridized carbons (Fsp3) is 0.360. The molecule has 1 saturated heterocycles. The van der Waals surface area contributed by atoms with Crippen LogP contribution in [0.15, 0.2) is 47.0 Å². The molecule has 2 heterocycles. The molecule has 0 unspecified atom stereocenters. The maximum Gasteiger partial charge on any atom is 0.338 e. The largest absolute Gasteiger partial charge is 0.462 e. The number of nitrogens with one attached hydrogen (secondary N) is 1.